The van der Waals surface area contributed by atoms with Crippen LogP contribution in [0.3, 0.4) is 0 Å². The topological polar surface area (TPSA) is 21.3 Å². The molecule has 1 N–H and O–H groups in total. The van der Waals surface area contributed by atoms with Crippen LogP contribution in [-0.4, -0.2) is 18.4 Å². The SMILES string of the molecule is CC1CC[C@@]2(NC1)OC1CC3[C@@H]4CC=C5C=CCC[C@]5(C)C4CC[C@]3(C)C1[C@@H]2C. The van der Waals surface area contributed by atoms with Crippen LogP contribution >= 0.6 is 0 Å². The van der Waals surface area contributed by atoms with Crippen molar-refractivity contribution >= 4 is 0 Å². The van der Waals surface area contributed by atoms with Crippen LogP contribution in [0.1, 0.15) is 79.1 Å². The summed E-state index contributed by atoms with van der Waals surface area (Å²) in [6, 6.07) is 0. The summed E-state index contributed by atoms with van der Waals surface area (Å²) in [5.41, 5.74) is 2.56. The molecule has 4 aliphatic carbocycles. The van der Waals surface area contributed by atoms with Gasteiger partial charge in [0.05, 0.1) is 6.10 Å². The lowest BCUT2D eigenvalue weighted by Crippen LogP contribution is -2.56. The molecule has 6 aliphatic rings. The molecule has 0 radical (unpaired) electrons. The van der Waals surface area contributed by atoms with E-state index >= 15 is 0 Å². The summed E-state index contributed by atoms with van der Waals surface area (Å²) in [6.45, 7) is 11.3. The summed E-state index contributed by atoms with van der Waals surface area (Å²) in [4.78, 5) is 0. The Morgan fingerprint density at radius 1 is 1.07 bits per heavy atom. The van der Waals surface area contributed by atoms with Gasteiger partial charge in [-0.15, -0.1) is 0 Å². The highest BCUT2D eigenvalue weighted by Crippen LogP contribution is 2.69. The first-order valence-electron chi connectivity index (χ1n) is 12.7. The van der Waals surface area contributed by atoms with Crippen LogP contribution in [0.4, 0.5) is 0 Å². The molecule has 2 heteroatoms. The molecular formula is C27H41NO. The summed E-state index contributed by atoms with van der Waals surface area (Å²) in [7, 11) is 0. The number of ether oxygens (including phenoxy) is 1. The van der Waals surface area contributed by atoms with Crippen LogP contribution < -0.4 is 5.32 Å². The lowest BCUT2D eigenvalue weighted by molar-refractivity contribution is -0.114. The van der Waals surface area contributed by atoms with Crippen molar-refractivity contribution in [3.05, 3.63) is 23.8 Å². The van der Waals surface area contributed by atoms with Crippen molar-refractivity contribution in [1.82, 2.24) is 5.32 Å². The van der Waals surface area contributed by atoms with Crippen molar-refractivity contribution in [3.8, 4) is 0 Å². The monoisotopic (exact) mass is 395 g/mol. The van der Waals surface area contributed by atoms with Gasteiger partial charge in [0, 0.05) is 12.5 Å². The third-order valence-electron chi connectivity index (χ3n) is 11.1. The molecule has 0 aromatic rings. The fraction of sp³-hybridized carbons (Fsp3) is 0.852. The zero-order valence-corrected chi connectivity index (χ0v) is 19.0. The Bertz CT molecular complexity index is 746. The highest BCUT2D eigenvalue weighted by atomic mass is 16.5. The molecular weight excluding hydrogens is 354 g/mol. The molecule has 2 nitrogen and oxygen atoms in total. The Morgan fingerprint density at radius 2 is 1.93 bits per heavy atom. The lowest BCUT2D eigenvalue weighted by Gasteiger charge is -2.57. The van der Waals surface area contributed by atoms with Gasteiger partial charge in [-0.1, -0.05) is 45.9 Å². The molecule has 2 saturated carbocycles. The van der Waals surface area contributed by atoms with Gasteiger partial charge in [0.25, 0.3) is 0 Å². The molecule has 0 aromatic heterocycles. The number of nitrogens with one attached hydrogen (secondary N) is 1. The Kier molecular flexibility index (Phi) is 4.10. The predicted octanol–water partition coefficient (Wildman–Crippen LogP) is 6.09. The first-order valence-corrected chi connectivity index (χ1v) is 12.7. The third-order valence-corrected chi connectivity index (χ3v) is 11.1. The summed E-state index contributed by atoms with van der Waals surface area (Å²) in [5, 5.41) is 3.90. The molecule has 160 valence electrons. The molecule has 2 heterocycles. The van der Waals surface area contributed by atoms with Gasteiger partial charge in [0.2, 0.25) is 0 Å². The maximum atomic E-state index is 7.01. The van der Waals surface area contributed by atoms with E-state index in [1.54, 1.807) is 5.57 Å². The zero-order valence-electron chi connectivity index (χ0n) is 19.0. The Balaban J connectivity index is 1.30. The molecule has 0 bridgehead atoms. The minimum Gasteiger partial charge on any atom is -0.357 e. The fourth-order valence-corrected chi connectivity index (χ4v) is 9.50. The second-order valence-electron chi connectivity index (χ2n) is 12.3. The average Bonchev–Trinajstić information content (AvgIpc) is 3.15. The van der Waals surface area contributed by atoms with Crippen LogP contribution in [0, 0.1) is 46.3 Å². The number of piperidine rings is 1. The summed E-state index contributed by atoms with van der Waals surface area (Å²) >= 11 is 0. The van der Waals surface area contributed by atoms with Gasteiger partial charge in [0.1, 0.15) is 5.72 Å². The van der Waals surface area contributed by atoms with Crippen molar-refractivity contribution in [3.63, 3.8) is 0 Å². The fourth-order valence-electron chi connectivity index (χ4n) is 9.50. The van der Waals surface area contributed by atoms with Crippen molar-refractivity contribution < 1.29 is 4.74 Å². The van der Waals surface area contributed by atoms with Crippen molar-refractivity contribution in [2.75, 3.05) is 6.54 Å². The molecule has 1 spiro atoms. The molecule has 10 atom stereocenters. The smallest absolute Gasteiger partial charge is 0.122 e. The molecule has 2 saturated heterocycles. The van der Waals surface area contributed by atoms with Gasteiger partial charge in [-0.3, -0.25) is 5.32 Å². The molecule has 2 aliphatic heterocycles. The van der Waals surface area contributed by atoms with Gasteiger partial charge in [0.15, 0.2) is 0 Å². The lowest BCUT2D eigenvalue weighted by atomic mass is 9.47. The maximum Gasteiger partial charge on any atom is 0.122 e. The van der Waals surface area contributed by atoms with Gasteiger partial charge in [-0.05, 0) is 97.4 Å². The van der Waals surface area contributed by atoms with Gasteiger partial charge in [-0.25, -0.2) is 0 Å². The van der Waals surface area contributed by atoms with E-state index in [0.29, 0.717) is 22.9 Å². The number of fused-ring (bicyclic) bond motifs is 7. The minimum absolute atomic E-state index is 0.0214. The predicted molar refractivity (Wildman–Crippen MR) is 118 cm³/mol. The van der Waals surface area contributed by atoms with Crippen LogP contribution in [0.15, 0.2) is 23.8 Å². The largest absolute Gasteiger partial charge is 0.357 e. The molecule has 4 fully saturated rings. The van der Waals surface area contributed by atoms with E-state index in [9.17, 15) is 0 Å². The second kappa shape index (κ2) is 6.22. The molecule has 5 unspecified atom stereocenters. The van der Waals surface area contributed by atoms with Crippen LogP contribution in [-0.2, 0) is 4.74 Å². The van der Waals surface area contributed by atoms with Crippen LogP contribution in [0.25, 0.3) is 0 Å². The normalized spacial score (nSPS) is 58.3. The second-order valence-corrected chi connectivity index (χ2v) is 12.3. The minimum atomic E-state index is -0.0214. The highest BCUT2D eigenvalue weighted by Gasteiger charge is 2.67. The van der Waals surface area contributed by atoms with Gasteiger partial charge < -0.3 is 4.74 Å². The summed E-state index contributed by atoms with van der Waals surface area (Å²) < 4.78 is 7.01. The van der Waals surface area contributed by atoms with Gasteiger partial charge in [-0.2, -0.15) is 0 Å². The van der Waals surface area contributed by atoms with E-state index in [1.807, 2.05) is 0 Å². The molecule has 6 rings (SSSR count). The third kappa shape index (κ3) is 2.42. The van der Waals surface area contributed by atoms with Crippen LogP contribution in [0.5, 0.6) is 0 Å². The van der Waals surface area contributed by atoms with Crippen molar-refractivity contribution in [2.45, 2.75) is 90.9 Å². The van der Waals surface area contributed by atoms with Crippen molar-refractivity contribution in [2.24, 2.45) is 46.3 Å². The van der Waals surface area contributed by atoms with Crippen molar-refractivity contribution in [1.29, 1.82) is 0 Å². The first kappa shape index (κ1) is 19.1. The quantitative estimate of drug-likeness (QED) is 0.536. The summed E-state index contributed by atoms with van der Waals surface area (Å²) in [6.07, 6.45) is 18.7. The highest BCUT2D eigenvalue weighted by molar-refractivity contribution is 5.34. The van der Waals surface area contributed by atoms with E-state index in [1.165, 1.54) is 51.4 Å². The molecule has 29 heavy (non-hydrogen) atoms. The molecule has 0 amide bonds. The van der Waals surface area contributed by atoms with E-state index in [2.05, 4.69) is 51.2 Å². The number of hydrogen-bond acceptors (Lipinski definition) is 2. The van der Waals surface area contributed by atoms with Gasteiger partial charge >= 0.3 is 0 Å². The van der Waals surface area contributed by atoms with E-state index in [-0.39, 0.29) is 5.72 Å². The van der Waals surface area contributed by atoms with E-state index in [4.69, 9.17) is 4.74 Å². The average molecular weight is 396 g/mol. The number of rotatable bonds is 0. The zero-order chi connectivity index (χ0) is 20.0. The maximum absolute atomic E-state index is 7.01. The Labute approximate surface area is 177 Å². The number of allylic oxidation sites excluding steroid dienone is 4. The number of hydrogen-bond donors (Lipinski definition) is 1. The summed E-state index contributed by atoms with van der Waals surface area (Å²) in [5.74, 6) is 4.82. The van der Waals surface area contributed by atoms with E-state index < -0.39 is 0 Å². The standard InChI is InChI=1S/C27H41NO/c1-17-10-14-27(28-16-17)18(2)24-23(29-27)15-22-20-9-8-19-7-5-6-12-25(19,3)21(20)11-13-26(22,24)4/h5,7-8,17-18,20-24,28H,6,9-16H2,1-4H3/t17?,18-,20+,21?,22?,23?,24?,25-,26-,27+/m0/s1. The van der Waals surface area contributed by atoms with E-state index in [0.717, 1.165) is 36.1 Å². The van der Waals surface area contributed by atoms with Crippen LogP contribution in [0.2, 0.25) is 0 Å². The Morgan fingerprint density at radius 3 is 2.72 bits per heavy atom. The molecule has 0 aromatic carbocycles. The Hall–Kier alpha value is -0.600. The first-order chi connectivity index (χ1) is 13.9.